The Morgan fingerprint density at radius 2 is 1.69 bits per heavy atom. The van der Waals surface area contributed by atoms with Gasteiger partial charge in [-0.15, -0.1) is 0 Å². The summed E-state index contributed by atoms with van der Waals surface area (Å²) >= 11 is 6.33. The van der Waals surface area contributed by atoms with Gasteiger partial charge < -0.3 is 14.0 Å². The SMILES string of the molecule is COC(=O)C1=C(C)N(c2ccc(OC)c(Cl)c2)C(=O)/C1=C\c1cc(C)n(-c2ccc(C)cc2C)c1C. The summed E-state index contributed by atoms with van der Waals surface area (Å²) in [5.41, 5.74) is 7.77. The normalized spacial score (nSPS) is 14.7. The van der Waals surface area contributed by atoms with Crippen molar-refractivity contribution in [1.29, 1.82) is 0 Å². The number of aromatic nitrogens is 1. The highest BCUT2D eigenvalue weighted by atomic mass is 35.5. The molecule has 0 N–H and O–H groups in total. The molecule has 0 fully saturated rings. The summed E-state index contributed by atoms with van der Waals surface area (Å²) in [6.07, 6.45) is 1.77. The first-order valence-electron chi connectivity index (χ1n) is 11.5. The van der Waals surface area contributed by atoms with Gasteiger partial charge in [0.25, 0.3) is 5.91 Å². The number of anilines is 1. The highest BCUT2D eigenvalue weighted by Gasteiger charge is 2.38. The lowest BCUT2D eigenvalue weighted by Gasteiger charge is -2.19. The summed E-state index contributed by atoms with van der Waals surface area (Å²) in [5.74, 6) is -0.403. The average molecular weight is 505 g/mol. The second kappa shape index (κ2) is 9.70. The van der Waals surface area contributed by atoms with Crippen molar-refractivity contribution in [1.82, 2.24) is 4.57 Å². The summed E-state index contributed by atoms with van der Waals surface area (Å²) in [6, 6.07) is 13.4. The van der Waals surface area contributed by atoms with E-state index in [0.717, 1.165) is 28.2 Å². The standard InChI is InChI=1S/C29H29ClN2O4/c1-16-8-10-25(17(2)12-16)31-18(3)13-21(19(31)4)14-23-27(29(34)36-7)20(5)32(28(23)33)22-9-11-26(35-6)24(30)15-22/h8-15H,1-7H3/b23-14-. The van der Waals surface area contributed by atoms with Crippen LogP contribution in [-0.2, 0) is 14.3 Å². The third kappa shape index (κ3) is 4.22. The number of allylic oxidation sites excluding steroid dienone is 1. The molecule has 0 radical (unpaired) electrons. The van der Waals surface area contributed by atoms with Gasteiger partial charge in [-0.2, -0.15) is 0 Å². The molecule has 2 heterocycles. The molecule has 0 bridgehead atoms. The van der Waals surface area contributed by atoms with Gasteiger partial charge in [0, 0.05) is 22.8 Å². The summed E-state index contributed by atoms with van der Waals surface area (Å²) < 4.78 is 12.5. The largest absolute Gasteiger partial charge is 0.495 e. The number of nitrogens with zero attached hydrogens (tertiary/aromatic N) is 2. The predicted octanol–water partition coefficient (Wildman–Crippen LogP) is 6.25. The third-order valence-electron chi connectivity index (χ3n) is 6.55. The van der Waals surface area contributed by atoms with E-state index >= 15 is 0 Å². The molecule has 7 heteroatoms. The van der Waals surface area contributed by atoms with Crippen LogP contribution >= 0.6 is 11.6 Å². The van der Waals surface area contributed by atoms with Crippen LogP contribution in [0.4, 0.5) is 5.69 Å². The zero-order chi connectivity index (χ0) is 26.3. The van der Waals surface area contributed by atoms with Gasteiger partial charge >= 0.3 is 5.97 Å². The maximum atomic E-state index is 13.7. The molecule has 0 aliphatic carbocycles. The van der Waals surface area contributed by atoms with Gasteiger partial charge in [0.05, 0.1) is 36.1 Å². The number of rotatable bonds is 5. The summed E-state index contributed by atoms with van der Waals surface area (Å²) in [5, 5.41) is 0.365. The molecule has 36 heavy (non-hydrogen) atoms. The maximum absolute atomic E-state index is 13.7. The van der Waals surface area contributed by atoms with Gasteiger partial charge in [-0.05, 0) is 82.2 Å². The molecule has 0 spiro atoms. The molecular weight excluding hydrogens is 476 g/mol. The van der Waals surface area contributed by atoms with Crippen LogP contribution in [0.3, 0.4) is 0 Å². The lowest BCUT2D eigenvalue weighted by atomic mass is 10.0. The maximum Gasteiger partial charge on any atom is 0.340 e. The molecule has 1 aliphatic rings. The van der Waals surface area contributed by atoms with Crippen molar-refractivity contribution in [2.24, 2.45) is 0 Å². The van der Waals surface area contributed by atoms with Gasteiger partial charge in [-0.25, -0.2) is 4.79 Å². The number of esters is 1. The van der Waals surface area contributed by atoms with Gasteiger partial charge in [0.15, 0.2) is 0 Å². The van der Waals surface area contributed by atoms with E-state index in [-0.39, 0.29) is 17.1 Å². The molecule has 4 rings (SSSR count). The fraction of sp³-hybridized carbons (Fsp3) is 0.241. The first kappa shape index (κ1) is 25.3. The van der Waals surface area contributed by atoms with E-state index in [9.17, 15) is 9.59 Å². The van der Waals surface area contributed by atoms with Crippen LogP contribution in [-0.4, -0.2) is 30.7 Å². The Bertz CT molecular complexity index is 1460. The van der Waals surface area contributed by atoms with Crippen LogP contribution in [0.2, 0.25) is 5.02 Å². The first-order valence-corrected chi connectivity index (χ1v) is 11.9. The molecule has 1 aliphatic heterocycles. The van der Waals surface area contributed by atoms with Crippen LogP contribution < -0.4 is 9.64 Å². The second-order valence-corrected chi connectivity index (χ2v) is 9.33. The van der Waals surface area contributed by atoms with Gasteiger partial charge in [0.2, 0.25) is 0 Å². The van der Waals surface area contributed by atoms with Crippen molar-refractivity contribution in [2.45, 2.75) is 34.6 Å². The zero-order valence-corrected chi connectivity index (χ0v) is 22.3. The monoisotopic (exact) mass is 504 g/mol. The van der Waals surface area contributed by atoms with Gasteiger partial charge in [0.1, 0.15) is 5.75 Å². The number of ether oxygens (including phenoxy) is 2. The van der Waals surface area contributed by atoms with Crippen molar-refractivity contribution in [3.05, 3.63) is 92.4 Å². The van der Waals surface area contributed by atoms with E-state index < -0.39 is 5.97 Å². The van der Waals surface area contributed by atoms with Crippen molar-refractivity contribution in [3.8, 4) is 11.4 Å². The quantitative estimate of drug-likeness (QED) is 0.304. The molecule has 186 valence electrons. The fourth-order valence-electron chi connectivity index (χ4n) is 4.80. The van der Waals surface area contributed by atoms with E-state index in [2.05, 4.69) is 36.6 Å². The van der Waals surface area contributed by atoms with E-state index in [1.807, 2.05) is 19.9 Å². The van der Waals surface area contributed by atoms with Crippen molar-refractivity contribution >= 4 is 35.2 Å². The Morgan fingerprint density at radius 1 is 0.972 bits per heavy atom. The minimum absolute atomic E-state index is 0.228. The number of carbonyl (C=O) groups excluding carboxylic acids is 2. The molecule has 0 saturated carbocycles. The Morgan fingerprint density at radius 3 is 2.31 bits per heavy atom. The highest BCUT2D eigenvalue weighted by molar-refractivity contribution is 6.32. The Hall–Kier alpha value is -3.77. The van der Waals surface area contributed by atoms with Gasteiger partial charge in [-0.1, -0.05) is 29.3 Å². The Labute approximate surface area is 216 Å². The molecular formula is C29H29ClN2O4. The minimum atomic E-state index is -0.572. The average Bonchev–Trinajstić information content (AvgIpc) is 3.24. The number of hydrogen-bond acceptors (Lipinski definition) is 4. The number of halogens is 1. The third-order valence-corrected chi connectivity index (χ3v) is 6.84. The van der Waals surface area contributed by atoms with Crippen LogP contribution in [0, 0.1) is 27.7 Å². The number of carbonyl (C=O) groups is 2. The van der Waals surface area contributed by atoms with E-state index in [0.29, 0.717) is 22.2 Å². The molecule has 2 aromatic carbocycles. The number of hydrogen-bond donors (Lipinski definition) is 0. The molecule has 3 aromatic rings. The molecule has 6 nitrogen and oxygen atoms in total. The van der Waals surface area contributed by atoms with E-state index in [1.165, 1.54) is 24.7 Å². The van der Waals surface area contributed by atoms with Crippen molar-refractivity contribution in [3.63, 3.8) is 0 Å². The number of amides is 1. The molecule has 0 unspecified atom stereocenters. The number of aryl methyl sites for hydroxylation is 3. The topological polar surface area (TPSA) is 60.8 Å². The number of benzene rings is 2. The minimum Gasteiger partial charge on any atom is -0.495 e. The molecule has 1 aromatic heterocycles. The smallest absolute Gasteiger partial charge is 0.340 e. The van der Waals surface area contributed by atoms with Gasteiger partial charge in [-0.3, -0.25) is 9.69 Å². The fourth-order valence-corrected chi connectivity index (χ4v) is 5.05. The van der Waals surface area contributed by atoms with E-state index in [4.69, 9.17) is 21.1 Å². The van der Waals surface area contributed by atoms with Crippen LogP contribution in [0.25, 0.3) is 11.8 Å². The molecule has 0 saturated heterocycles. The van der Waals surface area contributed by atoms with Crippen LogP contribution in [0.15, 0.2) is 59.3 Å². The molecule has 1 amide bonds. The van der Waals surface area contributed by atoms with Crippen molar-refractivity contribution < 1.29 is 19.1 Å². The summed E-state index contributed by atoms with van der Waals surface area (Å²) in [7, 11) is 2.83. The lowest BCUT2D eigenvalue weighted by Crippen LogP contribution is -2.24. The van der Waals surface area contributed by atoms with Crippen LogP contribution in [0.5, 0.6) is 5.75 Å². The summed E-state index contributed by atoms with van der Waals surface area (Å²) in [4.78, 5) is 28.0. The molecule has 0 atom stereocenters. The van der Waals surface area contributed by atoms with Crippen LogP contribution in [0.1, 0.15) is 35.0 Å². The first-order chi connectivity index (χ1) is 17.1. The second-order valence-electron chi connectivity index (χ2n) is 8.92. The number of methoxy groups -OCH3 is 2. The Kier molecular flexibility index (Phi) is 6.83. The highest BCUT2D eigenvalue weighted by Crippen LogP contribution is 2.38. The lowest BCUT2D eigenvalue weighted by molar-refractivity contribution is -0.136. The van der Waals surface area contributed by atoms with E-state index in [1.54, 1.807) is 31.2 Å². The van der Waals surface area contributed by atoms with Crippen molar-refractivity contribution in [2.75, 3.05) is 19.1 Å². The summed E-state index contributed by atoms with van der Waals surface area (Å²) in [6.45, 7) is 9.91. The Balaban J connectivity index is 1.85. The zero-order valence-electron chi connectivity index (χ0n) is 21.5. The predicted molar refractivity (Wildman–Crippen MR) is 143 cm³/mol.